The number of rotatable bonds is 4. The van der Waals surface area contributed by atoms with Gasteiger partial charge in [0.2, 0.25) is 0 Å². The van der Waals surface area contributed by atoms with Gasteiger partial charge in [-0.25, -0.2) is 9.67 Å². The minimum Gasteiger partial charge on any atom is -0.291 e. The normalized spacial score (nSPS) is 13.2. The van der Waals surface area contributed by atoms with Gasteiger partial charge in [-0.2, -0.15) is 5.10 Å². The number of benzene rings is 1. The Kier molecular flexibility index (Phi) is 4.50. The molecule has 0 saturated carbocycles. The fourth-order valence-electron chi connectivity index (χ4n) is 1.66. The van der Waals surface area contributed by atoms with Gasteiger partial charge in [0, 0.05) is 15.3 Å². The number of thioether (sulfide) groups is 1. The molecule has 0 aliphatic heterocycles. The third kappa shape index (κ3) is 3.84. The fourth-order valence-corrected chi connectivity index (χ4v) is 2.91. The van der Waals surface area contributed by atoms with Gasteiger partial charge in [-0.05, 0) is 24.3 Å². The number of nitrogens with zero attached hydrogens (tertiary/aromatic N) is 3. The fraction of sp³-hybridized carbons (Fsp3) is 0.357. The Morgan fingerprint density at radius 3 is 2.45 bits per heavy atom. The van der Waals surface area contributed by atoms with Gasteiger partial charge < -0.3 is 0 Å². The maximum atomic E-state index is 12.7. The van der Waals surface area contributed by atoms with Crippen LogP contribution in [0.1, 0.15) is 36.5 Å². The molecular formula is C14H16ClN3OS. The molecule has 0 saturated heterocycles. The Balaban J connectivity index is 2.31. The summed E-state index contributed by atoms with van der Waals surface area (Å²) < 4.78 is 1.52. The molecule has 0 bridgehead atoms. The highest BCUT2D eigenvalue weighted by molar-refractivity contribution is 8.01. The Labute approximate surface area is 127 Å². The predicted octanol–water partition coefficient (Wildman–Crippen LogP) is 3.84. The molecule has 1 atom stereocenters. The van der Waals surface area contributed by atoms with E-state index in [1.54, 1.807) is 47.0 Å². The molecule has 0 aliphatic rings. The molecule has 6 heteroatoms. The first-order valence-corrected chi connectivity index (χ1v) is 7.44. The van der Waals surface area contributed by atoms with E-state index < -0.39 is 5.37 Å². The zero-order chi connectivity index (χ0) is 14.8. The molecule has 106 valence electrons. The van der Waals surface area contributed by atoms with Crippen molar-refractivity contribution in [3.63, 3.8) is 0 Å². The van der Waals surface area contributed by atoms with Crippen LogP contribution in [0.2, 0.25) is 5.02 Å². The second-order valence-corrected chi connectivity index (χ2v) is 7.67. The summed E-state index contributed by atoms with van der Waals surface area (Å²) in [5.74, 6) is -0.00732. The van der Waals surface area contributed by atoms with Gasteiger partial charge in [0.1, 0.15) is 12.7 Å². The van der Waals surface area contributed by atoms with Gasteiger partial charge in [0.25, 0.3) is 0 Å². The van der Waals surface area contributed by atoms with Gasteiger partial charge in [0.05, 0.1) is 0 Å². The molecular weight excluding hydrogens is 294 g/mol. The molecule has 0 radical (unpaired) electrons. The van der Waals surface area contributed by atoms with E-state index in [1.807, 2.05) is 0 Å². The van der Waals surface area contributed by atoms with Crippen molar-refractivity contribution in [2.75, 3.05) is 0 Å². The molecule has 2 aromatic rings. The summed E-state index contributed by atoms with van der Waals surface area (Å²) in [7, 11) is 0. The highest BCUT2D eigenvalue weighted by atomic mass is 35.5. The molecule has 0 amide bonds. The monoisotopic (exact) mass is 309 g/mol. The van der Waals surface area contributed by atoms with Gasteiger partial charge in [-0.1, -0.05) is 32.4 Å². The third-order valence-electron chi connectivity index (χ3n) is 2.50. The van der Waals surface area contributed by atoms with E-state index >= 15 is 0 Å². The van der Waals surface area contributed by atoms with Crippen molar-refractivity contribution in [1.82, 2.24) is 14.8 Å². The number of Topliss-reactive ketones (excluding diaryl/α,β-unsaturated/α-hetero) is 1. The molecule has 4 nitrogen and oxygen atoms in total. The van der Waals surface area contributed by atoms with E-state index in [1.165, 1.54) is 6.33 Å². The first kappa shape index (κ1) is 15.1. The molecule has 2 rings (SSSR count). The van der Waals surface area contributed by atoms with Crippen molar-refractivity contribution in [1.29, 1.82) is 0 Å². The average Bonchev–Trinajstić information content (AvgIpc) is 2.89. The zero-order valence-electron chi connectivity index (χ0n) is 11.6. The van der Waals surface area contributed by atoms with Crippen molar-refractivity contribution in [2.45, 2.75) is 30.9 Å². The minimum absolute atomic E-state index is 0.00732. The van der Waals surface area contributed by atoms with E-state index in [9.17, 15) is 4.79 Å². The van der Waals surface area contributed by atoms with Crippen LogP contribution in [0.25, 0.3) is 0 Å². The first-order valence-electron chi connectivity index (χ1n) is 6.18. The maximum Gasteiger partial charge on any atom is 0.197 e. The summed E-state index contributed by atoms with van der Waals surface area (Å²) in [6.45, 7) is 6.20. The summed E-state index contributed by atoms with van der Waals surface area (Å²) >= 11 is 7.40. The Hall–Kier alpha value is -1.33. The summed E-state index contributed by atoms with van der Waals surface area (Å²) in [5.41, 5.74) is 0.617. The average molecular weight is 310 g/mol. The van der Waals surface area contributed by atoms with Crippen LogP contribution in [0.5, 0.6) is 0 Å². The van der Waals surface area contributed by atoms with Gasteiger partial charge in [-0.3, -0.25) is 4.79 Å². The van der Waals surface area contributed by atoms with Crippen LogP contribution in [0.15, 0.2) is 36.9 Å². The lowest BCUT2D eigenvalue weighted by Crippen LogP contribution is -2.23. The lowest BCUT2D eigenvalue weighted by Gasteiger charge is -2.24. The lowest BCUT2D eigenvalue weighted by atomic mass is 10.1. The van der Waals surface area contributed by atoms with E-state index in [0.717, 1.165) is 0 Å². The van der Waals surface area contributed by atoms with Crippen molar-refractivity contribution in [3.05, 3.63) is 47.5 Å². The molecule has 0 spiro atoms. The predicted molar refractivity (Wildman–Crippen MR) is 82.2 cm³/mol. The minimum atomic E-state index is -0.432. The van der Waals surface area contributed by atoms with E-state index in [-0.39, 0.29) is 10.5 Å². The third-order valence-corrected chi connectivity index (χ3v) is 4.11. The van der Waals surface area contributed by atoms with Gasteiger partial charge in [-0.15, -0.1) is 11.8 Å². The van der Waals surface area contributed by atoms with Gasteiger partial charge in [0.15, 0.2) is 11.2 Å². The van der Waals surface area contributed by atoms with Crippen LogP contribution in [0, 0.1) is 0 Å². The van der Waals surface area contributed by atoms with Crippen molar-refractivity contribution < 1.29 is 4.79 Å². The second kappa shape index (κ2) is 5.97. The Bertz CT molecular complexity index is 575. The van der Waals surface area contributed by atoms with Crippen molar-refractivity contribution in [2.24, 2.45) is 0 Å². The highest BCUT2D eigenvalue weighted by Gasteiger charge is 2.28. The summed E-state index contributed by atoms with van der Waals surface area (Å²) in [6, 6.07) is 6.90. The van der Waals surface area contributed by atoms with Crippen LogP contribution >= 0.6 is 23.4 Å². The van der Waals surface area contributed by atoms with E-state index in [2.05, 4.69) is 30.9 Å². The first-order chi connectivity index (χ1) is 9.37. The smallest absolute Gasteiger partial charge is 0.197 e. The lowest BCUT2D eigenvalue weighted by molar-refractivity contribution is 0.0962. The number of carbonyl (C=O) groups is 1. The summed E-state index contributed by atoms with van der Waals surface area (Å²) in [4.78, 5) is 16.6. The largest absolute Gasteiger partial charge is 0.291 e. The van der Waals surface area contributed by atoms with Gasteiger partial charge >= 0.3 is 0 Å². The standard InChI is InChI=1S/C14H16ClN3OS/c1-14(2,3)20-13(18-9-16-8-17-18)12(19)10-4-6-11(15)7-5-10/h4-9,13H,1-3H3. The molecule has 0 aliphatic carbocycles. The summed E-state index contributed by atoms with van der Waals surface area (Å²) in [6.07, 6.45) is 3.00. The molecule has 0 N–H and O–H groups in total. The number of aromatic nitrogens is 3. The molecule has 1 unspecified atom stereocenters. The van der Waals surface area contributed by atoms with E-state index in [0.29, 0.717) is 10.6 Å². The maximum absolute atomic E-state index is 12.7. The highest BCUT2D eigenvalue weighted by Crippen LogP contribution is 2.36. The number of halogens is 1. The van der Waals surface area contributed by atoms with Crippen LogP contribution in [-0.4, -0.2) is 25.3 Å². The van der Waals surface area contributed by atoms with Crippen LogP contribution in [0.3, 0.4) is 0 Å². The Morgan fingerprint density at radius 2 is 1.95 bits per heavy atom. The topological polar surface area (TPSA) is 47.8 Å². The van der Waals surface area contributed by atoms with Crippen LogP contribution in [0.4, 0.5) is 0 Å². The second-order valence-electron chi connectivity index (χ2n) is 5.33. The molecule has 0 fully saturated rings. The molecule has 1 aromatic carbocycles. The number of carbonyl (C=O) groups excluding carboxylic acids is 1. The summed E-state index contributed by atoms with van der Waals surface area (Å²) in [5, 5.41) is 4.28. The SMILES string of the molecule is CC(C)(C)SC(C(=O)c1ccc(Cl)cc1)n1cncn1. The molecule has 20 heavy (non-hydrogen) atoms. The van der Waals surface area contributed by atoms with Crippen molar-refractivity contribution in [3.8, 4) is 0 Å². The van der Waals surface area contributed by atoms with E-state index in [4.69, 9.17) is 11.6 Å². The number of hydrogen-bond acceptors (Lipinski definition) is 4. The number of ketones is 1. The zero-order valence-corrected chi connectivity index (χ0v) is 13.1. The van der Waals surface area contributed by atoms with Crippen molar-refractivity contribution >= 4 is 29.1 Å². The Morgan fingerprint density at radius 1 is 1.30 bits per heavy atom. The quantitative estimate of drug-likeness (QED) is 0.805. The van der Waals surface area contributed by atoms with Crippen LogP contribution < -0.4 is 0 Å². The van der Waals surface area contributed by atoms with Crippen LogP contribution in [-0.2, 0) is 0 Å². The number of hydrogen-bond donors (Lipinski definition) is 0. The molecule has 1 aromatic heterocycles. The molecule has 1 heterocycles.